The van der Waals surface area contributed by atoms with Crippen LogP contribution in [0.4, 0.5) is 37.7 Å². The minimum Gasteiger partial charge on any atom is -0.287 e. The smallest absolute Gasteiger partial charge is 0.287 e. The molecule has 0 aliphatic carbocycles. The number of hydrogen-bond acceptors (Lipinski definition) is 11. The van der Waals surface area contributed by atoms with Crippen molar-refractivity contribution in [1.29, 1.82) is 0 Å². The Morgan fingerprint density at radius 3 is 1.51 bits per heavy atom. The number of pyridine rings is 4. The van der Waals surface area contributed by atoms with Gasteiger partial charge in [0.1, 0.15) is 19.7 Å². The molecule has 2 N–H and O–H groups in total. The maximum Gasteiger partial charge on any atom is 0.417 e. The largest absolute Gasteiger partial charge is 0.417 e. The molecule has 1 amide bonds. The average molecular weight is 1220 g/mol. The van der Waals surface area contributed by atoms with Crippen LogP contribution in [-0.2, 0) is 37.2 Å². The van der Waals surface area contributed by atoms with Gasteiger partial charge in [-0.15, -0.1) is 0 Å². The lowest BCUT2D eigenvalue weighted by Crippen LogP contribution is -2.25. The van der Waals surface area contributed by atoms with Crippen LogP contribution in [0.25, 0.3) is 0 Å². The Morgan fingerprint density at radius 2 is 1.07 bits per heavy atom. The molecule has 0 fully saturated rings. The maximum absolute atomic E-state index is 13.1. The molecule has 68 heavy (non-hydrogen) atoms. The third kappa shape index (κ3) is 15.3. The van der Waals surface area contributed by atoms with E-state index in [1.54, 1.807) is 34.7 Å². The van der Waals surface area contributed by atoms with Gasteiger partial charge in [-0.05, 0) is 95.4 Å². The predicted molar refractivity (Wildman–Crippen MR) is 253 cm³/mol. The van der Waals surface area contributed by atoms with E-state index in [4.69, 9.17) is 74.4 Å². The van der Waals surface area contributed by atoms with Crippen molar-refractivity contribution in [3.05, 3.63) is 160 Å². The standard InChI is InChI=1S/C18H9Cl3F3N3O3S.C12H6Cl2F3IN2O2S.C8H9ClN2O2.CH4/c19-9-6-14(15(26-8-9)16(28)11-2-1-5-25-17(11)21)27-31(29,30)10-3-4-13(20)12(7-10)18(22,23)24;13-6-3-10(11(18)19-5-6)20-23(21,22)7-1-2-9(14)8(4-7)12(15,16)17;1-11(13-2)8(12)6-4-3-5-10-7(6)9;/h1-8,27H;1-5,20H;3-5H,1-2H3;1H4. The first kappa shape index (κ1) is 58.0. The molecule has 4 heterocycles. The molecular formula is C39H28Cl6F6IN7O7S2. The molecule has 0 atom stereocenters. The lowest BCUT2D eigenvalue weighted by molar-refractivity contribution is -0.138. The molecule has 0 spiro atoms. The summed E-state index contributed by atoms with van der Waals surface area (Å²) < 4.78 is 132. The van der Waals surface area contributed by atoms with E-state index in [9.17, 15) is 52.8 Å². The van der Waals surface area contributed by atoms with Gasteiger partial charge in [-0.25, -0.2) is 41.8 Å². The molecule has 6 aromatic rings. The van der Waals surface area contributed by atoms with Crippen molar-refractivity contribution < 1.29 is 57.6 Å². The summed E-state index contributed by atoms with van der Waals surface area (Å²) in [4.78, 5) is 43.0. The molecule has 0 bridgehead atoms. The number of nitrogens with zero attached hydrogens (tertiary/aromatic N) is 5. The molecule has 0 aliphatic rings. The van der Waals surface area contributed by atoms with Crippen molar-refractivity contribution in [3.8, 4) is 0 Å². The number of carbonyl (C=O) groups excluding carboxylic acids is 2. The van der Waals surface area contributed by atoms with E-state index in [0.29, 0.717) is 21.4 Å². The van der Waals surface area contributed by atoms with Gasteiger partial charge in [0, 0.05) is 31.8 Å². The van der Waals surface area contributed by atoms with Crippen molar-refractivity contribution in [3.63, 3.8) is 0 Å². The maximum atomic E-state index is 13.1. The monoisotopic (exact) mass is 1220 g/mol. The Labute approximate surface area is 427 Å². The van der Waals surface area contributed by atoms with E-state index in [-0.39, 0.29) is 56.3 Å². The van der Waals surface area contributed by atoms with E-state index < -0.39 is 69.1 Å². The highest BCUT2D eigenvalue weighted by Crippen LogP contribution is 2.38. The molecule has 364 valence electrons. The fourth-order valence-corrected chi connectivity index (χ4v) is 8.81. The summed E-state index contributed by atoms with van der Waals surface area (Å²) >= 11 is 36.0. The van der Waals surface area contributed by atoms with Crippen molar-refractivity contribution in [1.82, 2.24) is 25.0 Å². The first-order chi connectivity index (χ1) is 31.1. The number of ketones is 1. The van der Waals surface area contributed by atoms with Crippen molar-refractivity contribution >= 4 is 135 Å². The van der Waals surface area contributed by atoms with Gasteiger partial charge in [0.25, 0.3) is 26.0 Å². The Kier molecular flexibility index (Phi) is 20.5. The topological polar surface area (TPSA) is 191 Å². The molecule has 14 nitrogen and oxygen atoms in total. The quantitative estimate of drug-likeness (QED) is 0.0436. The summed E-state index contributed by atoms with van der Waals surface area (Å²) in [6.45, 7) is 0. The molecule has 29 heteroatoms. The van der Waals surface area contributed by atoms with Crippen LogP contribution in [0.3, 0.4) is 0 Å². The van der Waals surface area contributed by atoms with Gasteiger partial charge in [0.15, 0.2) is 0 Å². The van der Waals surface area contributed by atoms with Crippen molar-refractivity contribution in [2.75, 3.05) is 23.6 Å². The van der Waals surface area contributed by atoms with Crippen LogP contribution in [0.5, 0.6) is 0 Å². The number of benzene rings is 2. The number of anilines is 2. The summed E-state index contributed by atoms with van der Waals surface area (Å²) in [5, 5.41) is 0.00677. The van der Waals surface area contributed by atoms with Gasteiger partial charge >= 0.3 is 12.4 Å². The van der Waals surface area contributed by atoms with E-state index >= 15 is 0 Å². The number of amides is 1. The van der Waals surface area contributed by atoms with Gasteiger partial charge in [-0.2, -0.15) is 26.3 Å². The van der Waals surface area contributed by atoms with Crippen molar-refractivity contribution in [2.24, 2.45) is 0 Å². The molecular weight excluding hydrogens is 1200 g/mol. The molecule has 0 saturated heterocycles. The van der Waals surface area contributed by atoms with E-state index in [0.717, 1.165) is 41.6 Å². The van der Waals surface area contributed by atoms with Crippen LogP contribution in [0, 0.1) is 3.70 Å². The van der Waals surface area contributed by atoms with Crippen LogP contribution < -0.4 is 9.44 Å². The molecule has 4 aromatic heterocycles. The first-order valence-electron chi connectivity index (χ1n) is 17.4. The highest BCUT2D eigenvalue weighted by molar-refractivity contribution is 14.1. The number of alkyl halides is 6. The molecule has 2 aromatic carbocycles. The third-order valence-electron chi connectivity index (χ3n) is 8.02. The van der Waals surface area contributed by atoms with Gasteiger partial charge < -0.3 is 0 Å². The number of hydroxylamine groups is 2. The van der Waals surface area contributed by atoms with Crippen molar-refractivity contribution in [2.45, 2.75) is 29.6 Å². The molecule has 0 unspecified atom stereocenters. The SMILES string of the molecule is C.CON(C)C(=O)c1cccnc1Cl.O=C(c1cccnc1Cl)c1ncc(Cl)cc1NS(=O)(=O)c1ccc(Cl)c(C(F)(F)F)c1.O=S(=O)(Nc1cc(Cl)cnc1I)c1ccc(Cl)c(C(F)(F)F)c1. The Hall–Kier alpha value is -4.31. The van der Waals surface area contributed by atoms with Crippen LogP contribution in [0.1, 0.15) is 45.0 Å². The second-order valence-corrected chi connectivity index (χ2v) is 19.3. The molecule has 0 radical (unpaired) electrons. The molecule has 0 saturated carbocycles. The number of carbonyl (C=O) groups is 2. The normalized spacial score (nSPS) is 11.5. The lowest BCUT2D eigenvalue weighted by Gasteiger charge is -2.14. The van der Waals surface area contributed by atoms with E-state index in [1.165, 1.54) is 50.9 Å². The highest BCUT2D eigenvalue weighted by Gasteiger charge is 2.36. The first-order valence-corrected chi connectivity index (χ1v) is 23.7. The number of hydrogen-bond donors (Lipinski definition) is 2. The summed E-state index contributed by atoms with van der Waals surface area (Å²) in [5.74, 6) is -1.10. The predicted octanol–water partition coefficient (Wildman–Crippen LogP) is 12.3. The van der Waals surface area contributed by atoms with Crippen LogP contribution in [-0.4, -0.2) is 67.7 Å². The number of sulfonamides is 2. The minimum absolute atomic E-state index is 0. The summed E-state index contributed by atoms with van der Waals surface area (Å²) in [6, 6.07) is 12.8. The third-order valence-corrected chi connectivity index (χ3v) is 13.3. The van der Waals surface area contributed by atoms with Gasteiger partial charge in [-0.1, -0.05) is 77.0 Å². The van der Waals surface area contributed by atoms with E-state index in [2.05, 4.69) is 24.7 Å². The Balaban J connectivity index is 0.000000291. The minimum atomic E-state index is -4.88. The fraction of sp³-hybridized carbons (Fsp3) is 0.128. The van der Waals surface area contributed by atoms with Gasteiger partial charge in [-0.3, -0.25) is 23.9 Å². The lowest BCUT2D eigenvalue weighted by atomic mass is 10.1. The zero-order valence-corrected chi connectivity index (χ0v) is 41.4. The number of rotatable bonds is 10. The number of nitrogens with one attached hydrogen (secondary N) is 2. The number of aromatic nitrogens is 4. The van der Waals surface area contributed by atoms with Gasteiger partial charge in [0.05, 0.1) is 70.6 Å². The fourth-order valence-electron chi connectivity index (χ4n) is 4.86. The zero-order chi connectivity index (χ0) is 50.2. The summed E-state index contributed by atoms with van der Waals surface area (Å²) in [6.07, 6.45) is -4.37. The summed E-state index contributed by atoms with van der Waals surface area (Å²) in [5.41, 5.74) is -2.99. The second kappa shape index (κ2) is 24.0. The second-order valence-electron chi connectivity index (χ2n) is 12.5. The van der Waals surface area contributed by atoms with Crippen LogP contribution >= 0.6 is 92.2 Å². The van der Waals surface area contributed by atoms with Crippen LogP contribution in [0.2, 0.25) is 30.4 Å². The Morgan fingerprint density at radius 1 is 0.647 bits per heavy atom. The summed E-state index contributed by atoms with van der Waals surface area (Å²) in [7, 11) is -5.94. The molecule has 6 rings (SSSR count). The number of halogens is 13. The van der Waals surface area contributed by atoms with Gasteiger partial charge in [0.2, 0.25) is 5.78 Å². The van der Waals surface area contributed by atoms with E-state index in [1.807, 2.05) is 4.72 Å². The zero-order valence-electron chi connectivity index (χ0n) is 33.1. The molecule has 0 aliphatic heterocycles. The average Bonchev–Trinajstić information content (AvgIpc) is 3.24. The van der Waals surface area contributed by atoms with Crippen LogP contribution in [0.15, 0.2) is 107 Å². The Bertz CT molecular complexity index is 3060. The highest BCUT2D eigenvalue weighted by atomic mass is 127.